The van der Waals surface area contributed by atoms with E-state index in [4.69, 9.17) is 0 Å². The fourth-order valence-corrected chi connectivity index (χ4v) is 3.09. The first kappa shape index (κ1) is 11.0. The summed E-state index contributed by atoms with van der Waals surface area (Å²) in [4.78, 5) is 2.42. The van der Waals surface area contributed by atoms with Crippen LogP contribution in [0.25, 0.3) is 0 Å². The summed E-state index contributed by atoms with van der Waals surface area (Å²) in [5, 5.41) is 0. The second-order valence-corrected chi connectivity index (χ2v) is 5.92. The van der Waals surface area contributed by atoms with Gasteiger partial charge in [0.1, 0.15) is 0 Å². The molecule has 0 N–H and O–H groups in total. The third kappa shape index (κ3) is 2.17. The van der Waals surface area contributed by atoms with Crippen LogP contribution in [0.2, 0.25) is 0 Å². The van der Waals surface area contributed by atoms with Crippen molar-refractivity contribution in [2.24, 2.45) is 0 Å². The van der Waals surface area contributed by atoms with Crippen LogP contribution in [0, 0.1) is 0 Å². The smallest absolute Gasteiger partial charge is 0.0461 e. The van der Waals surface area contributed by atoms with Crippen LogP contribution in [0.3, 0.4) is 0 Å². The van der Waals surface area contributed by atoms with E-state index in [1.54, 1.807) is 0 Å². The zero-order chi connectivity index (χ0) is 10.1. The first-order valence-electron chi connectivity index (χ1n) is 4.58. The molecular weight excluding hydrogens is 374 g/mol. The van der Waals surface area contributed by atoms with Gasteiger partial charge in [-0.2, -0.15) is 0 Å². The SMILES string of the molecule is Brc1cc(N2CCCC2)cc(Br)c1Br. The third-order valence-electron chi connectivity index (χ3n) is 2.44. The lowest BCUT2D eigenvalue weighted by atomic mass is 10.3. The maximum Gasteiger partial charge on any atom is 0.0461 e. The van der Waals surface area contributed by atoms with E-state index < -0.39 is 0 Å². The highest BCUT2D eigenvalue weighted by Crippen LogP contribution is 2.36. The summed E-state index contributed by atoms with van der Waals surface area (Å²) in [5.74, 6) is 0. The van der Waals surface area contributed by atoms with E-state index in [2.05, 4.69) is 64.8 Å². The van der Waals surface area contributed by atoms with E-state index in [1.807, 2.05) is 0 Å². The molecule has 1 aromatic carbocycles. The molecule has 1 nitrogen and oxygen atoms in total. The highest BCUT2D eigenvalue weighted by molar-refractivity contribution is 9.14. The molecule has 4 heteroatoms. The normalized spacial score (nSPS) is 16.4. The Kier molecular flexibility index (Phi) is 3.55. The first-order valence-corrected chi connectivity index (χ1v) is 6.96. The fraction of sp³-hybridized carbons (Fsp3) is 0.400. The molecule has 76 valence electrons. The molecule has 0 amide bonds. The highest BCUT2D eigenvalue weighted by Gasteiger charge is 2.14. The molecule has 0 aliphatic carbocycles. The van der Waals surface area contributed by atoms with E-state index in [0.717, 1.165) is 13.4 Å². The predicted octanol–water partition coefficient (Wildman–Crippen LogP) is 4.57. The Morgan fingerprint density at radius 3 is 1.93 bits per heavy atom. The molecule has 1 saturated heterocycles. The van der Waals surface area contributed by atoms with Crippen LogP contribution < -0.4 is 4.90 Å². The van der Waals surface area contributed by atoms with Gasteiger partial charge in [0.2, 0.25) is 0 Å². The van der Waals surface area contributed by atoms with E-state index in [1.165, 1.54) is 31.6 Å². The molecule has 0 unspecified atom stereocenters. The molecular formula is C10H10Br3N. The van der Waals surface area contributed by atoms with Gasteiger partial charge < -0.3 is 4.90 Å². The van der Waals surface area contributed by atoms with Gasteiger partial charge >= 0.3 is 0 Å². The summed E-state index contributed by atoms with van der Waals surface area (Å²) >= 11 is 10.6. The highest BCUT2D eigenvalue weighted by atomic mass is 79.9. The van der Waals surface area contributed by atoms with E-state index >= 15 is 0 Å². The third-order valence-corrected chi connectivity index (χ3v) is 5.61. The number of hydrogen-bond donors (Lipinski definition) is 0. The molecule has 0 radical (unpaired) electrons. The monoisotopic (exact) mass is 381 g/mol. The van der Waals surface area contributed by atoms with Gasteiger partial charge in [0.05, 0.1) is 0 Å². The maximum absolute atomic E-state index is 3.54. The van der Waals surface area contributed by atoms with Crippen LogP contribution in [-0.2, 0) is 0 Å². The number of anilines is 1. The van der Waals surface area contributed by atoms with E-state index in [0.29, 0.717) is 0 Å². The van der Waals surface area contributed by atoms with Crippen LogP contribution in [0.5, 0.6) is 0 Å². The minimum atomic E-state index is 1.08. The lowest BCUT2D eigenvalue weighted by Gasteiger charge is -2.18. The molecule has 0 saturated carbocycles. The predicted molar refractivity (Wildman–Crippen MR) is 71.0 cm³/mol. The number of hydrogen-bond acceptors (Lipinski definition) is 1. The van der Waals surface area contributed by atoms with Crippen molar-refractivity contribution in [1.29, 1.82) is 0 Å². The van der Waals surface area contributed by atoms with Gasteiger partial charge in [-0.15, -0.1) is 0 Å². The maximum atomic E-state index is 3.54. The second-order valence-electron chi connectivity index (χ2n) is 3.42. The van der Waals surface area contributed by atoms with Crippen LogP contribution in [0.1, 0.15) is 12.8 Å². The van der Waals surface area contributed by atoms with Gasteiger partial charge in [-0.1, -0.05) is 0 Å². The van der Waals surface area contributed by atoms with Gasteiger partial charge in [-0.05, 0) is 72.8 Å². The standard InChI is InChI=1S/C10H10Br3N/c11-8-5-7(6-9(12)10(8)13)14-3-1-2-4-14/h5-6H,1-4H2. The molecule has 14 heavy (non-hydrogen) atoms. The average molecular weight is 384 g/mol. The largest absolute Gasteiger partial charge is 0.371 e. The van der Waals surface area contributed by atoms with Gasteiger partial charge in [0, 0.05) is 32.2 Å². The molecule has 0 spiro atoms. The molecule has 0 atom stereocenters. The lowest BCUT2D eigenvalue weighted by molar-refractivity contribution is 0.949. The van der Waals surface area contributed by atoms with Crippen molar-refractivity contribution >= 4 is 53.5 Å². The first-order chi connectivity index (χ1) is 6.68. The van der Waals surface area contributed by atoms with E-state index in [9.17, 15) is 0 Å². The van der Waals surface area contributed by atoms with Crippen molar-refractivity contribution in [3.8, 4) is 0 Å². The topological polar surface area (TPSA) is 3.24 Å². The summed E-state index contributed by atoms with van der Waals surface area (Å²) in [5.41, 5.74) is 1.30. The van der Waals surface area contributed by atoms with Crippen LogP contribution in [0.15, 0.2) is 25.6 Å². The van der Waals surface area contributed by atoms with Crippen LogP contribution >= 0.6 is 47.8 Å². The van der Waals surface area contributed by atoms with Crippen molar-refractivity contribution < 1.29 is 0 Å². The van der Waals surface area contributed by atoms with Crippen molar-refractivity contribution in [1.82, 2.24) is 0 Å². The molecule has 1 aliphatic heterocycles. The molecule has 1 fully saturated rings. The summed E-state index contributed by atoms with van der Waals surface area (Å²) in [6.45, 7) is 2.36. The van der Waals surface area contributed by atoms with Gasteiger partial charge in [-0.3, -0.25) is 0 Å². The van der Waals surface area contributed by atoms with Gasteiger partial charge in [0.15, 0.2) is 0 Å². The molecule has 1 aliphatic rings. The zero-order valence-electron chi connectivity index (χ0n) is 7.56. The Balaban J connectivity index is 2.34. The summed E-state index contributed by atoms with van der Waals surface area (Å²) in [6.07, 6.45) is 2.62. The Labute approximate surface area is 109 Å². The zero-order valence-corrected chi connectivity index (χ0v) is 12.3. The summed E-state index contributed by atoms with van der Waals surface area (Å²) < 4.78 is 3.29. The van der Waals surface area contributed by atoms with Crippen molar-refractivity contribution in [2.75, 3.05) is 18.0 Å². The molecule has 1 aromatic rings. The van der Waals surface area contributed by atoms with Gasteiger partial charge in [-0.25, -0.2) is 0 Å². The Morgan fingerprint density at radius 1 is 0.929 bits per heavy atom. The Morgan fingerprint density at radius 2 is 1.43 bits per heavy atom. The molecule has 0 aromatic heterocycles. The summed E-state index contributed by atoms with van der Waals surface area (Å²) in [6, 6.07) is 4.33. The average Bonchev–Trinajstić information content (AvgIpc) is 2.66. The quantitative estimate of drug-likeness (QED) is 0.642. The minimum absolute atomic E-state index is 1.08. The van der Waals surface area contributed by atoms with E-state index in [-0.39, 0.29) is 0 Å². The minimum Gasteiger partial charge on any atom is -0.371 e. The number of halogens is 3. The molecule has 1 heterocycles. The number of benzene rings is 1. The number of rotatable bonds is 1. The fourth-order valence-electron chi connectivity index (χ4n) is 1.70. The summed E-state index contributed by atoms with van der Waals surface area (Å²) in [7, 11) is 0. The number of nitrogens with zero attached hydrogens (tertiary/aromatic N) is 1. The van der Waals surface area contributed by atoms with Crippen molar-refractivity contribution in [3.63, 3.8) is 0 Å². The Hall–Kier alpha value is 0.460. The second kappa shape index (κ2) is 4.54. The lowest BCUT2D eigenvalue weighted by Crippen LogP contribution is -2.17. The van der Waals surface area contributed by atoms with Crippen LogP contribution in [-0.4, -0.2) is 13.1 Å². The molecule has 0 bridgehead atoms. The molecule has 2 rings (SSSR count). The van der Waals surface area contributed by atoms with Gasteiger partial charge in [0.25, 0.3) is 0 Å². The van der Waals surface area contributed by atoms with Crippen LogP contribution in [0.4, 0.5) is 5.69 Å². The Bertz CT molecular complexity index is 322. The van der Waals surface area contributed by atoms with Crippen molar-refractivity contribution in [2.45, 2.75) is 12.8 Å². The van der Waals surface area contributed by atoms with Crippen molar-refractivity contribution in [3.05, 3.63) is 25.6 Å².